The summed E-state index contributed by atoms with van der Waals surface area (Å²) >= 11 is 1.30. The number of nitrogens with one attached hydrogen (secondary N) is 1. The molecule has 0 spiro atoms. The molecule has 0 aromatic heterocycles. The molecule has 2 amide bonds. The van der Waals surface area contributed by atoms with Gasteiger partial charge in [0.2, 0.25) is 11.8 Å². The van der Waals surface area contributed by atoms with Crippen LogP contribution in [0.1, 0.15) is 31.2 Å². The summed E-state index contributed by atoms with van der Waals surface area (Å²) in [6, 6.07) is 3.34. The van der Waals surface area contributed by atoms with E-state index in [9.17, 15) is 18.4 Å². The quantitative estimate of drug-likeness (QED) is 0.903. The highest BCUT2D eigenvalue weighted by atomic mass is 32.2. The Morgan fingerprint density at radius 1 is 1.41 bits per heavy atom. The van der Waals surface area contributed by atoms with Gasteiger partial charge in [-0.15, -0.1) is 11.8 Å². The van der Waals surface area contributed by atoms with Crippen molar-refractivity contribution in [3.63, 3.8) is 0 Å². The molecule has 1 fully saturated rings. The standard InChI is InChI=1S/C15H18F2N2O2S/c1-3-18-13(20)6-7-19-14(21)9(2)22-15(19)11-5-4-10(16)8-12(11)17/h4-5,8-9,15H,3,6-7H2,1-2H3,(H,18,20)/t9-,15+/m0/s1. The second-order valence-corrected chi connectivity index (χ2v) is 6.46. The zero-order valence-electron chi connectivity index (χ0n) is 12.4. The van der Waals surface area contributed by atoms with Crippen molar-refractivity contribution in [2.75, 3.05) is 13.1 Å². The lowest BCUT2D eigenvalue weighted by Gasteiger charge is -2.24. The highest BCUT2D eigenvalue weighted by molar-refractivity contribution is 8.01. The molecule has 1 aliphatic rings. The van der Waals surface area contributed by atoms with Crippen LogP contribution in [0, 0.1) is 11.6 Å². The molecule has 4 nitrogen and oxygen atoms in total. The fourth-order valence-corrected chi connectivity index (χ4v) is 3.68. The van der Waals surface area contributed by atoms with Gasteiger partial charge in [0.1, 0.15) is 17.0 Å². The number of carbonyl (C=O) groups excluding carboxylic acids is 2. The summed E-state index contributed by atoms with van der Waals surface area (Å²) in [4.78, 5) is 25.3. The molecule has 7 heteroatoms. The van der Waals surface area contributed by atoms with E-state index in [0.717, 1.165) is 6.07 Å². The van der Waals surface area contributed by atoms with Crippen molar-refractivity contribution in [3.05, 3.63) is 35.4 Å². The highest BCUT2D eigenvalue weighted by Gasteiger charge is 2.39. The minimum Gasteiger partial charge on any atom is -0.356 e. The van der Waals surface area contributed by atoms with E-state index < -0.39 is 17.0 Å². The number of hydrogen-bond donors (Lipinski definition) is 1. The Labute approximate surface area is 132 Å². The predicted molar refractivity (Wildman–Crippen MR) is 81.2 cm³/mol. The lowest BCUT2D eigenvalue weighted by molar-refractivity contribution is -0.130. The van der Waals surface area contributed by atoms with Gasteiger partial charge < -0.3 is 10.2 Å². The van der Waals surface area contributed by atoms with Gasteiger partial charge in [-0.3, -0.25) is 9.59 Å². The molecule has 2 rings (SSSR count). The molecule has 0 aliphatic carbocycles. The molecule has 22 heavy (non-hydrogen) atoms. The maximum Gasteiger partial charge on any atom is 0.236 e. The zero-order chi connectivity index (χ0) is 16.3. The number of hydrogen-bond acceptors (Lipinski definition) is 3. The number of rotatable bonds is 5. The SMILES string of the molecule is CCNC(=O)CCN1C(=O)[C@H](C)S[C@@H]1c1ccc(F)cc1F. The first-order valence-electron chi connectivity index (χ1n) is 7.11. The molecule has 0 bridgehead atoms. The van der Waals surface area contributed by atoms with Gasteiger partial charge in [-0.05, 0) is 19.9 Å². The summed E-state index contributed by atoms with van der Waals surface area (Å²) in [5, 5.41) is 1.82. The van der Waals surface area contributed by atoms with Gasteiger partial charge in [0.05, 0.1) is 5.25 Å². The molecule has 1 heterocycles. The number of amides is 2. The fourth-order valence-electron chi connectivity index (χ4n) is 2.35. The van der Waals surface area contributed by atoms with E-state index in [0.29, 0.717) is 6.54 Å². The van der Waals surface area contributed by atoms with Gasteiger partial charge >= 0.3 is 0 Å². The normalized spacial score (nSPS) is 21.3. The smallest absolute Gasteiger partial charge is 0.236 e. The molecule has 1 aliphatic heterocycles. The molecule has 1 aromatic carbocycles. The minimum atomic E-state index is -0.678. The minimum absolute atomic E-state index is 0.136. The van der Waals surface area contributed by atoms with Crippen LogP contribution < -0.4 is 5.32 Å². The third kappa shape index (κ3) is 3.58. The molecule has 1 aromatic rings. The molecule has 2 atom stereocenters. The van der Waals surface area contributed by atoms with E-state index in [4.69, 9.17) is 0 Å². The summed E-state index contributed by atoms with van der Waals surface area (Å²) < 4.78 is 27.0. The van der Waals surface area contributed by atoms with Crippen LogP contribution in [0.3, 0.4) is 0 Å². The second-order valence-electron chi connectivity index (χ2n) is 5.03. The average molecular weight is 328 g/mol. The van der Waals surface area contributed by atoms with Crippen LogP contribution in [-0.4, -0.2) is 35.1 Å². The van der Waals surface area contributed by atoms with Gasteiger partial charge in [-0.2, -0.15) is 0 Å². The number of nitrogens with zero attached hydrogens (tertiary/aromatic N) is 1. The predicted octanol–water partition coefficient (Wildman–Crippen LogP) is 2.45. The van der Waals surface area contributed by atoms with Crippen LogP contribution in [0.15, 0.2) is 18.2 Å². The molecule has 0 radical (unpaired) electrons. The first kappa shape index (κ1) is 16.7. The molecule has 0 saturated carbocycles. The molecule has 0 unspecified atom stereocenters. The first-order chi connectivity index (χ1) is 10.4. The molecular formula is C15H18F2N2O2S. The van der Waals surface area contributed by atoms with E-state index in [-0.39, 0.29) is 35.6 Å². The van der Waals surface area contributed by atoms with Crippen LogP contribution in [0.2, 0.25) is 0 Å². The summed E-state index contributed by atoms with van der Waals surface area (Å²) in [5.74, 6) is -1.62. The number of halogens is 2. The number of benzene rings is 1. The third-order valence-corrected chi connectivity index (χ3v) is 4.81. The topological polar surface area (TPSA) is 49.4 Å². The average Bonchev–Trinajstić information content (AvgIpc) is 2.73. The van der Waals surface area contributed by atoms with Crippen LogP contribution in [0.25, 0.3) is 0 Å². The summed E-state index contributed by atoms with van der Waals surface area (Å²) in [5.41, 5.74) is 0.264. The van der Waals surface area contributed by atoms with Gasteiger partial charge in [0.15, 0.2) is 0 Å². The Kier molecular flexibility index (Phi) is 5.39. The summed E-state index contributed by atoms with van der Waals surface area (Å²) in [6.07, 6.45) is 0.159. The van der Waals surface area contributed by atoms with E-state index >= 15 is 0 Å². The van der Waals surface area contributed by atoms with Crippen LogP contribution in [0.5, 0.6) is 0 Å². The Balaban J connectivity index is 2.17. The van der Waals surface area contributed by atoms with Crippen molar-refractivity contribution < 1.29 is 18.4 Å². The zero-order valence-corrected chi connectivity index (χ0v) is 13.3. The summed E-state index contributed by atoms with van der Waals surface area (Å²) in [6.45, 7) is 4.29. The van der Waals surface area contributed by atoms with E-state index in [2.05, 4.69) is 5.32 Å². The summed E-state index contributed by atoms with van der Waals surface area (Å²) in [7, 11) is 0. The monoisotopic (exact) mass is 328 g/mol. The van der Waals surface area contributed by atoms with E-state index in [1.165, 1.54) is 28.8 Å². The van der Waals surface area contributed by atoms with Crippen molar-refractivity contribution in [2.24, 2.45) is 0 Å². The molecular weight excluding hydrogens is 310 g/mol. The maximum atomic E-state index is 14.0. The van der Waals surface area contributed by atoms with Gasteiger partial charge in [0, 0.05) is 31.1 Å². The molecule has 1 saturated heterocycles. The molecule has 120 valence electrons. The van der Waals surface area contributed by atoms with Crippen molar-refractivity contribution in [2.45, 2.75) is 30.9 Å². The highest BCUT2D eigenvalue weighted by Crippen LogP contribution is 2.43. The van der Waals surface area contributed by atoms with Crippen LogP contribution in [0.4, 0.5) is 8.78 Å². The number of carbonyl (C=O) groups is 2. The van der Waals surface area contributed by atoms with E-state index in [1.807, 2.05) is 6.92 Å². The Bertz CT molecular complexity index is 583. The Hall–Kier alpha value is -1.63. The Morgan fingerprint density at radius 3 is 2.77 bits per heavy atom. The fraction of sp³-hybridized carbons (Fsp3) is 0.467. The van der Waals surface area contributed by atoms with Crippen molar-refractivity contribution in [1.29, 1.82) is 0 Å². The van der Waals surface area contributed by atoms with Gasteiger partial charge in [-0.25, -0.2) is 8.78 Å². The Morgan fingerprint density at radius 2 is 2.14 bits per heavy atom. The lowest BCUT2D eigenvalue weighted by Crippen LogP contribution is -2.34. The number of thioether (sulfide) groups is 1. The lowest BCUT2D eigenvalue weighted by atomic mass is 10.1. The van der Waals surface area contributed by atoms with Crippen molar-refractivity contribution in [1.82, 2.24) is 10.2 Å². The third-order valence-electron chi connectivity index (χ3n) is 3.43. The van der Waals surface area contributed by atoms with Crippen LogP contribution >= 0.6 is 11.8 Å². The van der Waals surface area contributed by atoms with Gasteiger partial charge in [-0.1, -0.05) is 6.07 Å². The van der Waals surface area contributed by atoms with E-state index in [1.54, 1.807) is 6.92 Å². The maximum absolute atomic E-state index is 14.0. The first-order valence-corrected chi connectivity index (χ1v) is 8.06. The largest absolute Gasteiger partial charge is 0.356 e. The van der Waals surface area contributed by atoms with Crippen LogP contribution in [-0.2, 0) is 9.59 Å². The van der Waals surface area contributed by atoms with Crippen molar-refractivity contribution in [3.8, 4) is 0 Å². The second kappa shape index (κ2) is 7.09. The van der Waals surface area contributed by atoms with Crippen molar-refractivity contribution >= 4 is 23.6 Å². The molecule has 1 N–H and O–H groups in total. The van der Waals surface area contributed by atoms with Gasteiger partial charge in [0.25, 0.3) is 0 Å².